The molecule has 1 fully saturated rings. The standard InChI is InChI=1S/C23H26N2O6/c1-24(2)10-11-25-20(14-8-9-17(26)18(13-14)31-4)19(22(28)23(25)29)21(27)15-6-5-7-16(12-15)30-3/h5-9,12-13,20,26-27H,10-11H2,1-4H3/b21-19+. The molecule has 8 nitrogen and oxygen atoms in total. The Morgan fingerprint density at radius 3 is 2.48 bits per heavy atom. The van der Waals surface area contributed by atoms with Crippen molar-refractivity contribution in [1.29, 1.82) is 0 Å². The Balaban J connectivity index is 2.19. The number of amides is 1. The predicted molar refractivity (Wildman–Crippen MR) is 115 cm³/mol. The van der Waals surface area contributed by atoms with E-state index in [9.17, 15) is 19.8 Å². The summed E-state index contributed by atoms with van der Waals surface area (Å²) in [6, 6.07) is 10.4. The lowest BCUT2D eigenvalue weighted by atomic mass is 9.95. The third kappa shape index (κ3) is 4.34. The molecule has 164 valence electrons. The van der Waals surface area contributed by atoms with E-state index in [2.05, 4.69) is 0 Å². The highest BCUT2D eigenvalue weighted by atomic mass is 16.5. The molecular formula is C23H26N2O6. The van der Waals surface area contributed by atoms with Crippen molar-refractivity contribution in [1.82, 2.24) is 9.80 Å². The number of rotatable bonds is 7. The minimum absolute atomic E-state index is 0.0234. The second-order valence-electron chi connectivity index (χ2n) is 7.46. The van der Waals surface area contributed by atoms with Crippen LogP contribution in [0.25, 0.3) is 5.76 Å². The van der Waals surface area contributed by atoms with Gasteiger partial charge in [0.25, 0.3) is 11.7 Å². The molecule has 2 N–H and O–H groups in total. The van der Waals surface area contributed by atoms with E-state index in [4.69, 9.17) is 9.47 Å². The summed E-state index contributed by atoms with van der Waals surface area (Å²) in [7, 11) is 6.65. The number of likely N-dealkylation sites (tertiary alicyclic amines) is 1. The molecule has 1 aliphatic heterocycles. The lowest BCUT2D eigenvalue weighted by Gasteiger charge is -2.27. The summed E-state index contributed by atoms with van der Waals surface area (Å²) in [5.74, 6) is -1.10. The number of aliphatic hydroxyl groups is 1. The van der Waals surface area contributed by atoms with E-state index < -0.39 is 17.7 Å². The summed E-state index contributed by atoms with van der Waals surface area (Å²) in [5.41, 5.74) is 0.877. The molecule has 2 aromatic carbocycles. The van der Waals surface area contributed by atoms with Crippen LogP contribution in [-0.4, -0.2) is 73.1 Å². The van der Waals surface area contributed by atoms with Crippen LogP contribution >= 0.6 is 0 Å². The molecule has 1 atom stereocenters. The summed E-state index contributed by atoms with van der Waals surface area (Å²) < 4.78 is 10.4. The van der Waals surface area contributed by atoms with Crippen LogP contribution in [0.4, 0.5) is 0 Å². The lowest BCUT2D eigenvalue weighted by Crippen LogP contribution is -2.35. The molecule has 1 unspecified atom stereocenters. The normalized spacial score (nSPS) is 18.0. The zero-order chi connectivity index (χ0) is 22.7. The number of carbonyl (C=O) groups is 2. The third-order valence-electron chi connectivity index (χ3n) is 5.19. The quantitative estimate of drug-likeness (QED) is 0.398. The Morgan fingerprint density at radius 2 is 1.84 bits per heavy atom. The van der Waals surface area contributed by atoms with Gasteiger partial charge in [-0.05, 0) is 43.9 Å². The first kappa shape index (κ1) is 22.2. The van der Waals surface area contributed by atoms with Gasteiger partial charge >= 0.3 is 0 Å². The molecule has 0 aliphatic carbocycles. The number of hydrogen-bond donors (Lipinski definition) is 2. The minimum atomic E-state index is -0.833. The van der Waals surface area contributed by atoms with Crippen molar-refractivity contribution in [2.75, 3.05) is 41.4 Å². The number of carbonyl (C=O) groups excluding carboxylic acids is 2. The molecule has 31 heavy (non-hydrogen) atoms. The van der Waals surface area contributed by atoms with Crippen molar-refractivity contribution in [2.24, 2.45) is 0 Å². The number of aliphatic hydroxyl groups excluding tert-OH is 1. The van der Waals surface area contributed by atoms with E-state index in [0.717, 1.165) is 0 Å². The summed E-state index contributed by atoms with van der Waals surface area (Å²) in [5, 5.41) is 21.0. The van der Waals surface area contributed by atoms with E-state index in [1.807, 2.05) is 19.0 Å². The van der Waals surface area contributed by atoms with E-state index in [1.54, 1.807) is 36.4 Å². The number of aromatic hydroxyl groups is 1. The monoisotopic (exact) mass is 426 g/mol. The number of likely N-dealkylation sites (N-methyl/N-ethyl adjacent to an activating group) is 1. The molecule has 8 heteroatoms. The first-order valence-electron chi connectivity index (χ1n) is 9.73. The minimum Gasteiger partial charge on any atom is -0.507 e. The number of phenols is 1. The Morgan fingerprint density at radius 1 is 1.10 bits per heavy atom. The zero-order valence-electron chi connectivity index (χ0n) is 18.0. The van der Waals surface area contributed by atoms with Gasteiger partial charge in [0.15, 0.2) is 11.5 Å². The Labute approximate surface area is 180 Å². The Hall–Kier alpha value is -3.52. The predicted octanol–water partition coefficient (Wildman–Crippen LogP) is 2.39. The molecule has 0 bridgehead atoms. The molecule has 1 heterocycles. The van der Waals surface area contributed by atoms with Crippen LogP contribution in [0.3, 0.4) is 0 Å². The maximum Gasteiger partial charge on any atom is 0.295 e. The summed E-state index contributed by atoms with van der Waals surface area (Å²) in [6.45, 7) is 0.804. The van der Waals surface area contributed by atoms with Crippen LogP contribution in [-0.2, 0) is 9.59 Å². The maximum absolute atomic E-state index is 13.0. The van der Waals surface area contributed by atoms with Crippen LogP contribution in [0.5, 0.6) is 17.2 Å². The van der Waals surface area contributed by atoms with Crippen LogP contribution < -0.4 is 9.47 Å². The van der Waals surface area contributed by atoms with Gasteiger partial charge in [0, 0.05) is 18.7 Å². The number of ether oxygens (including phenoxy) is 2. The van der Waals surface area contributed by atoms with Crippen molar-refractivity contribution in [2.45, 2.75) is 6.04 Å². The van der Waals surface area contributed by atoms with Gasteiger partial charge < -0.3 is 29.5 Å². The van der Waals surface area contributed by atoms with Gasteiger partial charge in [-0.1, -0.05) is 18.2 Å². The number of Topliss-reactive ketones (excluding diaryl/α,β-unsaturated/α-hetero) is 1. The summed E-state index contributed by atoms with van der Waals surface area (Å²) in [6.07, 6.45) is 0. The highest BCUT2D eigenvalue weighted by molar-refractivity contribution is 6.46. The van der Waals surface area contributed by atoms with E-state index in [1.165, 1.54) is 25.2 Å². The van der Waals surface area contributed by atoms with Gasteiger partial charge in [0.1, 0.15) is 11.5 Å². The van der Waals surface area contributed by atoms with Crippen LogP contribution in [0.15, 0.2) is 48.0 Å². The fourth-order valence-electron chi connectivity index (χ4n) is 3.56. The zero-order valence-corrected chi connectivity index (χ0v) is 18.0. The number of hydrogen-bond acceptors (Lipinski definition) is 7. The highest BCUT2D eigenvalue weighted by Crippen LogP contribution is 2.41. The summed E-state index contributed by atoms with van der Waals surface area (Å²) in [4.78, 5) is 29.2. The van der Waals surface area contributed by atoms with Crippen LogP contribution in [0.2, 0.25) is 0 Å². The first-order valence-corrected chi connectivity index (χ1v) is 9.73. The van der Waals surface area contributed by atoms with Gasteiger partial charge in [-0.15, -0.1) is 0 Å². The topological polar surface area (TPSA) is 99.5 Å². The van der Waals surface area contributed by atoms with Crippen molar-refractivity contribution in [3.05, 3.63) is 59.2 Å². The fraction of sp³-hybridized carbons (Fsp3) is 0.304. The maximum atomic E-state index is 13.0. The SMILES string of the molecule is COc1cccc(/C(O)=C2\C(=O)C(=O)N(CCN(C)C)C2c2ccc(O)c(OC)c2)c1. The largest absolute Gasteiger partial charge is 0.507 e. The molecule has 1 saturated heterocycles. The van der Waals surface area contributed by atoms with Crippen LogP contribution in [0, 0.1) is 0 Å². The van der Waals surface area contributed by atoms with Gasteiger partial charge in [-0.25, -0.2) is 0 Å². The van der Waals surface area contributed by atoms with Crippen molar-refractivity contribution in [3.8, 4) is 17.2 Å². The van der Waals surface area contributed by atoms with Crippen LogP contribution in [0.1, 0.15) is 17.2 Å². The average molecular weight is 426 g/mol. The number of methoxy groups -OCH3 is 2. The summed E-state index contributed by atoms with van der Waals surface area (Å²) >= 11 is 0. The molecule has 2 aromatic rings. The number of benzene rings is 2. The van der Waals surface area contributed by atoms with E-state index in [-0.39, 0.29) is 29.4 Å². The number of ketones is 1. The van der Waals surface area contributed by atoms with Gasteiger partial charge in [-0.3, -0.25) is 9.59 Å². The molecule has 0 saturated carbocycles. The van der Waals surface area contributed by atoms with Gasteiger partial charge in [0.05, 0.1) is 25.8 Å². The smallest absolute Gasteiger partial charge is 0.295 e. The van der Waals surface area contributed by atoms with E-state index >= 15 is 0 Å². The van der Waals surface area contributed by atoms with Crippen molar-refractivity contribution in [3.63, 3.8) is 0 Å². The number of nitrogens with zero attached hydrogens (tertiary/aromatic N) is 2. The number of phenolic OH excluding ortho intramolecular Hbond substituents is 1. The molecule has 0 aromatic heterocycles. The molecule has 1 amide bonds. The highest BCUT2D eigenvalue weighted by Gasteiger charge is 2.46. The lowest BCUT2D eigenvalue weighted by molar-refractivity contribution is -0.140. The second-order valence-corrected chi connectivity index (χ2v) is 7.46. The molecule has 0 radical (unpaired) electrons. The van der Waals surface area contributed by atoms with Crippen molar-refractivity contribution < 1.29 is 29.3 Å². The molecule has 3 rings (SSSR count). The Kier molecular flexibility index (Phi) is 6.50. The van der Waals surface area contributed by atoms with Gasteiger partial charge in [0.2, 0.25) is 0 Å². The Bertz CT molecular complexity index is 1030. The first-order chi connectivity index (χ1) is 14.8. The average Bonchev–Trinajstić information content (AvgIpc) is 3.02. The molecular weight excluding hydrogens is 400 g/mol. The van der Waals surface area contributed by atoms with Gasteiger partial charge in [-0.2, -0.15) is 0 Å². The fourth-order valence-corrected chi connectivity index (χ4v) is 3.56. The molecule has 1 aliphatic rings. The van der Waals surface area contributed by atoms with Crippen molar-refractivity contribution >= 4 is 17.4 Å². The third-order valence-corrected chi connectivity index (χ3v) is 5.19. The second kappa shape index (κ2) is 9.09. The molecule has 0 spiro atoms. The van der Waals surface area contributed by atoms with E-state index in [0.29, 0.717) is 23.4 Å².